The highest BCUT2D eigenvalue weighted by Gasteiger charge is 2.04. The minimum absolute atomic E-state index is 0.249. The van der Waals surface area contributed by atoms with Crippen molar-refractivity contribution in [3.05, 3.63) is 29.8 Å². The molecule has 0 aliphatic carbocycles. The maximum Gasteiger partial charge on any atom is 0.0283 e. The maximum absolute atomic E-state index is 10.7. The summed E-state index contributed by atoms with van der Waals surface area (Å²) < 4.78 is 21.5. The number of hydrogen-bond acceptors (Lipinski definition) is 2. The second-order valence-electron chi connectivity index (χ2n) is 2.93. The Kier molecular flexibility index (Phi) is 3.00. The van der Waals surface area contributed by atoms with Crippen molar-refractivity contribution < 1.29 is 8.76 Å². The van der Waals surface area contributed by atoms with Gasteiger partial charge in [-0.1, -0.05) is 32.0 Å². The SMILES string of the molecule is CC(C)c1ccccc1S(=O)[O-]. The molecule has 2 nitrogen and oxygen atoms in total. The van der Waals surface area contributed by atoms with Crippen LogP contribution in [-0.2, 0) is 11.1 Å². The third-order valence-corrected chi connectivity index (χ3v) is 2.45. The Balaban J connectivity index is 3.17. The van der Waals surface area contributed by atoms with Crippen molar-refractivity contribution in [2.24, 2.45) is 0 Å². The molecule has 1 unspecified atom stereocenters. The highest BCUT2D eigenvalue weighted by atomic mass is 32.2. The Bertz CT molecular complexity index is 294. The lowest BCUT2D eigenvalue weighted by molar-refractivity contribution is 0.535. The molecule has 1 rings (SSSR count). The minimum Gasteiger partial charge on any atom is -0.768 e. The first kappa shape index (κ1) is 9.42. The highest BCUT2D eigenvalue weighted by Crippen LogP contribution is 2.20. The van der Waals surface area contributed by atoms with Gasteiger partial charge >= 0.3 is 0 Å². The van der Waals surface area contributed by atoms with E-state index in [1.54, 1.807) is 12.1 Å². The van der Waals surface area contributed by atoms with Gasteiger partial charge in [0, 0.05) is 4.90 Å². The first-order valence-electron chi connectivity index (χ1n) is 3.81. The molecular weight excluding hydrogens is 172 g/mol. The maximum atomic E-state index is 10.7. The van der Waals surface area contributed by atoms with Crippen LogP contribution < -0.4 is 0 Å². The van der Waals surface area contributed by atoms with Crippen LogP contribution in [0.1, 0.15) is 25.3 Å². The number of rotatable bonds is 2. The summed E-state index contributed by atoms with van der Waals surface area (Å²) in [6.45, 7) is 3.96. The van der Waals surface area contributed by atoms with Gasteiger partial charge in [0.2, 0.25) is 0 Å². The lowest BCUT2D eigenvalue weighted by Gasteiger charge is -2.13. The van der Waals surface area contributed by atoms with Crippen molar-refractivity contribution in [2.75, 3.05) is 0 Å². The van der Waals surface area contributed by atoms with Gasteiger partial charge in [-0.3, -0.25) is 4.21 Å². The van der Waals surface area contributed by atoms with Crippen LogP contribution in [0.3, 0.4) is 0 Å². The predicted molar refractivity (Wildman–Crippen MR) is 47.7 cm³/mol. The molecule has 0 aliphatic heterocycles. The van der Waals surface area contributed by atoms with Crippen molar-refractivity contribution in [3.63, 3.8) is 0 Å². The average molecular weight is 183 g/mol. The molecule has 0 saturated carbocycles. The van der Waals surface area contributed by atoms with Crippen LogP contribution in [0.15, 0.2) is 29.2 Å². The fourth-order valence-electron chi connectivity index (χ4n) is 1.11. The second-order valence-corrected chi connectivity index (χ2v) is 3.84. The van der Waals surface area contributed by atoms with Gasteiger partial charge in [-0.05, 0) is 28.6 Å². The van der Waals surface area contributed by atoms with Crippen LogP contribution in [0.5, 0.6) is 0 Å². The van der Waals surface area contributed by atoms with E-state index in [4.69, 9.17) is 0 Å². The summed E-state index contributed by atoms with van der Waals surface area (Å²) in [5.74, 6) is 0.249. The van der Waals surface area contributed by atoms with Gasteiger partial charge in [0.15, 0.2) is 0 Å². The molecule has 0 aliphatic rings. The largest absolute Gasteiger partial charge is 0.768 e. The van der Waals surface area contributed by atoms with E-state index in [9.17, 15) is 8.76 Å². The van der Waals surface area contributed by atoms with E-state index in [0.29, 0.717) is 4.90 Å². The third-order valence-electron chi connectivity index (χ3n) is 1.72. The van der Waals surface area contributed by atoms with E-state index in [2.05, 4.69) is 0 Å². The molecular formula is C9H11O2S-. The third kappa shape index (κ3) is 1.93. The van der Waals surface area contributed by atoms with Gasteiger partial charge in [0.05, 0.1) is 0 Å². The molecule has 66 valence electrons. The second kappa shape index (κ2) is 3.83. The molecule has 0 amide bonds. The molecule has 3 heteroatoms. The molecule has 1 aromatic carbocycles. The Hall–Kier alpha value is -0.670. The average Bonchev–Trinajstić information content (AvgIpc) is 2.04. The molecule has 0 heterocycles. The van der Waals surface area contributed by atoms with Crippen LogP contribution >= 0.6 is 0 Å². The van der Waals surface area contributed by atoms with E-state index >= 15 is 0 Å². The van der Waals surface area contributed by atoms with Crippen LogP contribution in [0.25, 0.3) is 0 Å². The lowest BCUT2D eigenvalue weighted by Crippen LogP contribution is -1.97. The fraction of sp³-hybridized carbons (Fsp3) is 0.333. The van der Waals surface area contributed by atoms with Crippen molar-refractivity contribution >= 4 is 11.1 Å². The van der Waals surface area contributed by atoms with Gasteiger partial charge in [-0.2, -0.15) is 0 Å². The molecule has 0 fully saturated rings. The molecule has 0 radical (unpaired) electrons. The van der Waals surface area contributed by atoms with Crippen molar-refractivity contribution in [1.29, 1.82) is 0 Å². The lowest BCUT2D eigenvalue weighted by atomic mass is 10.0. The molecule has 1 aromatic rings. The summed E-state index contributed by atoms with van der Waals surface area (Å²) in [4.78, 5) is 0.410. The van der Waals surface area contributed by atoms with Gasteiger partial charge in [0.1, 0.15) is 0 Å². The van der Waals surface area contributed by atoms with Gasteiger partial charge in [-0.25, -0.2) is 0 Å². The van der Waals surface area contributed by atoms with Crippen LogP contribution in [-0.4, -0.2) is 8.76 Å². The fourth-order valence-corrected chi connectivity index (χ4v) is 1.80. The van der Waals surface area contributed by atoms with E-state index in [-0.39, 0.29) is 5.92 Å². The normalized spacial score (nSPS) is 13.3. The Morgan fingerprint density at radius 1 is 1.33 bits per heavy atom. The predicted octanol–water partition coefficient (Wildman–Crippen LogP) is 2.05. The first-order valence-corrected chi connectivity index (χ1v) is 4.88. The Labute approximate surface area is 74.9 Å². The monoisotopic (exact) mass is 183 g/mol. The molecule has 0 saturated heterocycles. The Morgan fingerprint density at radius 3 is 2.33 bits per heavy atom. The zero-order valence-electron chi connectivity index (χ0n) is 7.11. The van der Waals surface area contributed by atoms with Crippen LogP contribution in [0.2, 0.25) is 0 Å². The summed E-state index contributed by atoms with van der Waals surface area (Å²) in [6, 6.07) is 7.05. The van der Waals surface area contributed by atoms with Crippen molar-refractivity contribution in [1.82, 2.24) is 0 Å². The number of hydrogen-bond donors (Lipinski definition) is 0. The summed E-state index contributed by atoms with van der Waals surface area (Å²) in [5, 5.41) is 0. The smallest absolute Gasteiger partial charge is 0.0283 e. The quantitative estimate of drug-likeness (QED) is 0.658. The van der Waals surface area contributed by atoms with Gasteiger partial charge in [0.25, 0.3) is 0 Å². The van der Waals surface area contributed by atoms with E-state index < -0.39 is 11.1 Å². The Morgan fingerprint density at radius 2 is 1.92 bits per heavy atom. The number of benzene rings is 1. The molecule has 1 atom stereocenters. The van der Waals surface area contributed by atoms with Crippen molar-refractivity contribution in [2.45, 2.75) is 24.7 Å². The minimum atomic E-state index is -2.11. The standard InChI is InChI=1S/C9H12O2S/c1-7(2)8-5-3-4-6-9(8)12(10)11/h3-7H,1-2H3,(H,10,11)/p-1. The molecule has 0 aromatic heterocycles. The van der Waals surface area contributed by atoms with E-state index in [1.165, 1.54) is 0 Å². The first-order chi connectivity index (χ1) is 5.63. The summed E-state index contributed by atoms with van der Waals surface area (Å²) in [7, 11) is 0. The summed E-state index contributed by atoms with van der Waals surface area (Å²) in [6.07, 6.45) is 0. The topological polar surface area (TPSA) is 40.1 Å². The zero-order valence-corrected chi connectivity index (χ0v) is 7.93. The molecule has 0 N–H and O–H groups in total. The van der Waals surface area contributed by atoms with Gasteiger partial charge < -0.3 is 4.55 Å². The van der Waals surface area contributed by atoms with Crippen molar-refractivity contribution in [3.8, 4) is 0 Å². The zero-order chi connectivity index (χ0) is 9.14. The molecule has 0 bridgehead atoms. The van der Waals surface area contributed by atoms with Crippen LogP contribution in [0, 0.1) is 0 Å². The summed E-state index contributed by atoms with van der Waals surface area (Å²) in [5.41, 5.74) is 0.880. The van der Waals surface area contributed by atoms with E-state index in [0.717, 1.165) is 5.56 Å². The van der Waals surface area contributed by atoms with Gasteiger partial charge in [-0.15, -0.1) is 0 Å². The molecule has 0 spiro atoms. The highest BCUT2D eigenvalue weighted by molar-refractivity contribution is 7.79. The van der Waals surface area contributed by atoms with Crippen LogP contribution in [0.4, 0.5) is 0 Å². The molecule has 12 heavy (non-hydrogen) atoms. The summed E-state index contributed by atoms with van der Waals surface area (Å²) >= 11 is -2.11. The van der Waals surface area contributed by atoms with E-state index in [1.807, 2.05) is 26.0 Å².